The van der Waals surface area contributed by atoms with Crippen LogP contribution in [0, 0.1) is 0 Å². The zero-order valence-electron chi connectivity index (χ0n) is 9.16. The molecule has 86 valence electrons. The monoisotopic (exact) mass is 238 g/mol. The van der Waals surface area contributed by atoms with Crippen molar-refractivity contribution < 1.29 is 4.79 Å². The summed E-state index contributed by atoms with van der Waals surface area (Å²) in [5.74, 6) is 0. The van der Waals surface area contributed by atoms with E-state index >= 15 is 0 Å². The molecule has 0 unspecified atom stereocenters. The quantitative estimate of drug-likeness (QED) is 0.832. The van der Waals surface area contributed by atoms with Crippen LogP contribution in [0.1, 0.15) is 18.9 Å². The highest BCUT2D eigenvalue weighted by Crippen LogP contribution is 2.09. The highest BCUT2D eigenvalue weighted by molar-refractivity contribution is 6.30. The van der Waals surface area contributed by atoms with Gasteiger partial charge in [0, 0.05) is 17.8 Å². The van der Waals surface area contributed by atoms with Crippen molar-refractivity contribution in [3.05, 3.63) is 47.1 Å². The summed E-state index contributed by atoms with van der Waals surface area (Å²) in [7, 11) is 0. The van der Waals surface area contributed by atoms with E-state index in [1.807, 2.05) is 31.2 Å². The van der Waals surface area contributed by atoms with Gasteiger partial charge in [-0.3, -0.25) is 0 Å². The number of allylic oxidation sites excluding steroid dienone is 1. The number of urea groups is 1. The van der Waals surface area contributed by atoms with Gasteiger partial charge >= 0.3 is 6.03 Å². The van der Waals surface area contributed by atoms with Crippen molar-refractivity contribution in [1.82, 2.24) is 10.6 Å². The fourth-order valence-electron chi connectivity index (χ4n) is 1.13. The van der Waals surface area contributed by atoms with Gasteiger partial charge in [-0.15, -0.1) is 0 Å². The van der Waals surface area contributed by atoms with E-state index in [4.69, 9.17) is 11.6 Å². The van der Waals surface area contributed by atoms with E-state index in [9.17, 15) is 4.79 Å². The molecule has 16 heavy (non-hydrogen) atoms. The fraction of sp³-hybridized carbons (Fsp3) is 0.250. The molecule has 1 aromatic rings. The molecule has 0 spiro atoms. The van der Waals surface area contributed by atoms with Crippen LogP contribution in [0.2, 0.25) is 5.02 Å². The van der Waals surface area contributed by atoms with Gasteiger partial charge in [-0.2, -0.15) is 0 Å². The van der Waals surface area contributed by atoms with Crippen LogP contribution in [0.15, 0.2) is 36.5 Å². The summed E-state index contributed by atoms with van der Waals surface area (Å²) in [6.07, 6.45) is 4.40. The van der Waals surface area contributed by atoms with Gasteiger partial charge in [0.1, 0.15) is 0 Å². The highest BCUT2D eigenvalue weighted by atomic mass is 35.5. The number of rotatable bonds is 4. The van der Waals surface area contributed by atoms with E-state index in [-0.39, 0.29) is 6.03 Å². The number of amides is 2. The van der Waals surface area contributed by atoms with Crippen molar-refractivity contribution in [2.75, 3.05) is 0 Å². The van der Waals surface area contributed by atoms with Gasteiger partial charge < -0.3 is 10.6 Å². The molecule has 0 saturated heterocycles. The molecule has 1 aromatic carbocycles. The number of halogens is 1. The molecule has 1 rings (SSSR count). The van der Waals surface area contributed by atoms with E-state index in [1.54, 1.807) is 12.3 Å². The third-order valence-corrected chi connectivity index (χ3v) is 2.15. The van der Waals surface area contributed by atoms with Crippen molar-refractivity contribution in [1.29, 1.82) is 0 Å². The Morgan fingerprint density at radius 1 is 1.50 bits per heavy atom. The van der Waals surface area contributed by atoms with Crippen molar-refractivity contribution in [3.63, 3.8) is 0 Å². The molecule has 0 heterocycles. The van der Waals surface area contributed by atoms with Crippen LogP contribution in [-0.4, -0.2) is 6.03 Å². The highest BCUT2D eigenvalue weighted by Gasteiger charge is 1.98. The summed E-state index contributed by atoms with van der Waals surface area (Å²) >= 11 is 5.82. The minimum Gasteiger partial charge on any atom is -0.334 e. The molecule has 0 saturated carbocycles. The molecule has 0 atom stereocenters. The standard InChI is InChI=1S/C12H15ClN2O/c1-2-3-7-14-12(16)15-9-10-5-4-6-11(13)8-10/h3-8H,2,9H2,1H3,(H2,14,15,16)/b7-3+. The zero-order chi connectivity index (χ0) is 11.8. The summed E-state index contributed by atoms with van der Waals surface area (Å²) in [6.45, 7) is 2.47. The van der Waals surface area contributed by atoms with Crippen LogP contribution in [0.25, 0.3) is 0 Å². The Morgan fingerprint density at radius 3 is 3.00 bits per heavy atom. The smallest absolute Gasteiger partial charge is 0.319 e. The van der Waals surface area contributed by atoms with E-state index in [0.717, 1.165) is 12.0 Å². The van der Waals surface area contributed by atoms with E-state index in [0.29, 0.717) is 11.6 Å². The van der Waals surface area contributed by atoms with Gasteiger partial charge in [0.05, 0.1) is 0 Å². The molecule has 0 bridgehead atoms. The molecule has 2 N–H and O–H groups in total. The van der Waals surface area contributed by atoms with Gasteiger partial charge in [0.25, 0.3) is 0 Å². The van der Waals surface area contributed by atoms with Gasteiger partial charge in [-0.25, -0.2) is 4.79 Å². The maximum Gasteiger partial charge on any atom is 0.319 e. The van der Waals surface area contributed by atoms with Crippen molar-refractivity contribution in [2.24, 2.45) is 0 Å². The predicted molar refractivity (Wildman–Crippen MR) is 66.3 cm³/mol. The predicted octanol–water partition coefficient (Wildman–Crippen LogP) is 3.06. The minimum atomic E-state index is -0.218. The van der Waals surface area contributed by atoms with Crippen molar-refractivity contribution in [3.8, 4) is 0 Å². The van der Waals surface area contributed by atoms with Gasteiger partial charge in [0.15, 0.2) is 0 Å². The number of carbonyl (C=O) groups excluding carboxylic acids is 1. The SMILES string of the molecule is CC/C=C/NC(=O)NCc1cccc(Cl)c1. The normalized spacial score (nSPS) is 10.4. The van der Waals surface area contributed by atoms with Crippen LogP contribution in [0.3, 0.4) is 0 Å². The molecule has 0 radical (unpaired) electrons. The van der Waals surface area contributed by atoms with Gasteiger partial charge in [-0.05, 0) is 24.1 Å². The molecule has 0 aliphatic carbocycles. The Hall–Kier alpha value is -1.48. The number of benzene rings is 1. The average molecular weight is 239 g/mol. The number of carbonyl (C=O) groups is 1. The second kappa shape index (κ2) is 6.90. The Morgan fingerprint density at radius 2 is 2.31 bits per heavy atom. The first-order valence-electron chi connectivity index (χ1n) is 5.16. The Bertz CT molecular complexity index is 377. The van der Waals surface area contributed by atoms with Crippen LogP contribution in [-0.2, 0) is 6.54 Å². The summed E-state index contributed by atoms with van der Waals surface area (Å²) in [5, 5.41) is 6.00. The Labute approximate surface area is 100 Å². The topological polar surface area (TPSA) is 41.1 Å². The van der Waals surface area contributed by atoms with Crippen molar-refractivity contribution >= 4 is 17.6 Å². The fourth-order valence-corrected chi connectivity index (χ4v) is 1.35. The van der Waals surface area contributed by atoms with Crippen molar-refractivity contribution in [2.45, 2.75) is 19.9 Å². The third kappa shape index (κ3) is 4.84. The van der Waals surface area contributed by atoms with Gasteiger partial charge in [-0.1, -0.05) is 36.7 Å². The first kappa shape index (κ1) is 12.6. The Kier molecular flexibility index (Phi) is 5.43. The summed E-state index contributed by atoms with van der Waals surface area (Å²) < 4.78 is 0. The molecule has 2 amide bonds. The molecule has 0 aliphatic rings. The maximum absolute atomic E-state index is 11.3. The molecule has 4 heteroatoms. The number of nitrogens with one attached hydrogen (secondary N) is 2. The Balaban J connectivity index is 2.34. The lowest BCUT2D eigenvalue weighted by molar-refractivity contribution is 0.243. The van der Waals surface area contributed by atoms with Crippen LogP contribution in [0.5, 0.6) is 0 Å². The molecule has 0 aliphatic heterocycles. The molecule has 0 fully saturated rings. The molecular weight excluding hydrogens is 224 g/mol. The van der Waals surface area contributed by atoms with Crippen LogP contribution >= 0.6 is 11.6 Å². The van der Waals surface area contributed by atoms with E-state index in [1.165, 1.54) is 0 Å². The minimum absolute atomic E-state index is 0.218. The van der Waals surface area contributed by atoms with E-state index in [2.05, 4.69) is 10.6 Å². The number of hydrogen-bond acceptors (Lipinski definition) is 1. The third-order valence-electron chi connectivity index (χ3n) is 1.91. The molecule has 0 aromatic heterocycles. The first-order chi connectivity index (χ1) is 7.72. The molecule has 3 nitrogen and oxygen atoms in total. The molecular formula is C12H15ClN2O. The lowest BCUT2D eigenvalue weighted by atomic mass is 10.2. The average Bonchev–Trinajstić information content (AvgIpc) is 2.27. The van der Waals surface area contributed by atoms with E-state index < -0.39 is 0 Å². The van der Waals surface area contributed by atoms with Gasteiger partial charge in [0.2, 0.25) is 0 Å². The number of hydrogen-bond donors (Lipinski definition) is 2. The summed E-state index contributed by atoms with van der Waals surface area (Å²) in [5.41, 5.74) is 0.974. The zero-order valence-corrected chi connectivity index (χ0v) is 9.92. The largest absolute Gasteiger partial charge is 0.334 e. The lowest BCUT2D eigenvalue weighted by Gasteiger charge is -2.04. The maximum atomic E-state index is 11.3. The lowest BCUT2D eigenvalue weighted by Crippen LogP contribution is -2.31. The van der Waals surface area contributed by atoms with Crippen LogP contribution < -0.4 is 10.6 Å². The van der Waals surface area contributed by atoms with Crippen LogP contribution in [0.4, 0.5) is 4.79 Å². The summed E-state index contributed by atoms with van der Waals surface area (Å²) in [6, 6.07) is 7.17. The summed E-state index contributed by atoms with van der Waals surface area (Å²) in [4.78, 5) is 11.3. The second-order valence-corrected chi connectivity index (χ2v) is 3.70. The first-order valence-corrected chi connectivity index (χ1v) is 5.54. The second-order valence-electron chi connectivity index (χ2n) is 3.27.